The van der Waals surface area contributed by atoms with Crippen molar-refractivity contribution in [2.45, 2.75) is 32.9 Å². The van der Waals surface area contributed by atoms with Crippen LogP contribution in [0.2, 0.25) is 5.02 Å². The minimum absolute atomic E-state index is 0. The van der Waals surface area contributed by atoms with E-state index in [1.165, 1.54) is 0 Å². The summed E-state index contributed by atoms with van der Waals surface area (Å²) in [6, 6.07) is 6.73. The van der Waals surface area contributed by atoms with Crippen molar-refractivity contribution in [3.8, 4) is 0 Å². The van der Waals surface area contributed by atoms with Crippen LogP contribution in [-0.2, 0) is 16.1 Å². The number of carboxylic acids is 1. The summed E-state index contributed by atoms with van der Waals surface area (Å²) in [7, 11) is 0. The molecule has 0 radical (unpaired) electrons. The molecule has 0 aliphatic heterocycles. The number of carbonyl (C=O) groups excluding carboxylic acids is 1. The van der Waals surface area contributed by atoms with Gasteiger partial charge < -0.3 is 10.4 Å². The predicted molar refractivity (Wildman–Crippen MR) is 89.5 cm³/mol. The lowest BCUT2D eigenvalue weighted by molar-refractivity contribution is -0.139. The number of carboxylic acid groups (broad SMARTS) is 1. The van der Waals surface area contributed by atoms with Crippen LogP contribution in [0.25, 0.3) is 0 Å². The maximum atomic E-state index is 12.1. The number of benzene rings is 1. The summed E-state index contributed by atoms with van der Waals surface area (Å²) in [5.41, 5.74) is 0.945. The summed E-state index contributed by atoms with van der Waals surface area (Å²) >= 11 is 5.80. The van der Waals surface area contributed by atoms with Gasteiger partial charge in [0, 0.05) is 11.6 Å². The van der Waals surface area contributed by atoms with Gasteiger partial charge in [-0.25, -0.2) is 0 Å². The van der Waals surface area contributed by atoms with E-state index < -0.39 is 12.0 Å². The van der Waals surface area contributed by atoms with E-state index in [0.29, 0.717) is 18.1 Å². The second-order valence-corrected chi connectivity index (χ2v) is 5.32. The predicted octanol–water partition coefficient (Wildman–Crippen LogP) is 2.56. The third-order valence-corrected chi connectivity index (χ3v) is 3.41. The van der Waals surface area contributed by atoms with E-state index in [1.54, 1.807) is 24.0 Å². The molecule has 1 atom stereocenters. The van der Waals surface area contributed by atoms with E-state index in [0.717, 1.165) is 12.0 Å². The largest absolute Gasteiger partial charge is 0.480 e. The van der Waals surface area contributed by atoms with Gasteiger partial charge in [0.1, 0.15) is 0 Å². The van der Waals surface area contributed by atoms with Crippen LogP contribution >= 0.6 is 24.0 Å². The van der Waals surface area contributed by atoms with Gasteiger partial charge in [0.15, 0.2) is 0 Å². The smallest absolute Gasteiger partial charge is 0.317 e. The van der Waals surface area contributed by atoms with Crippen molar-refractivity contribution in [3.63, 3.8) is 0 Å². The Balaban J connectivity index is 0.00000441. The molecular weight excluding hydrogens is 327 g/mol. The fourth-order valence-corrected chi connectivity index (χ4v) is 2.10. The van der Waals surface area contributed by atoms with Gasteiger partial charge in [0.05, 0.1) is 12.6 Å². The molecule has 1 amide bonds. The highest BCUT2D eigenvalue weighted by Crippen LogP contribution is 2.09. The van der Waals surface area contributed by atoms with Crippen LogP contribution in [0.15, 0.2) is 24.3 Å². The fourth-order valence-electron chi connectivity index (χ4n) is 1.98. The average molecular weight is 349 g/mol. The first-order chi connectivity index (χ1) is 9.93. The van der Waals surface area contributed by atoms with E-state index >= 15 is 0 Å². The quantitative estimate of drug-likeness (QED) is 0.757. The van der Waals surface area contributed by atoms with E-state index in [4.69, 9.17) is 16.7 Å². The normalized spacial score (nSPS) is 11.6. The molecule has 0 fully saturated rings. The van der Waals surface area contributed by atoms with Gasteiger partial charge in [-0.05, 0) is 37.6 Å². The van der Waals surface area contributed by atoms with Crippen molar-refractivity contribution >= 4 is 35.9 Å². The molecule has 1 aromatic carbocycles. The number of nitrogens with one attached hydrogen (secondary N) is 1. The van der Waals surface area contributed by atoms with Crippen LogP contribution in [0.1, 0.15) is 25.8 Å². The maximum absolute atomic E-state index is 12.1. The third kappa shape index (κ3) is 7.11. The van der Waals surface area contributed by atoms with Crippen LogP contribution in [0.5, 0.6) is 0 Å². The Bertz CT molecular complexity index is 480. The number of nitrogens with zero attached hydrogens (tertiary/aromatic N) is 1. The highest BCUT2D eigenvalue weighted by Gasteiger charge is 2.22. The summed E-state index contributed by atoms with van der Waals surface area (Å²) < 4.78 is 0. The summed E-state index contributed by atoms with van der Waals surface area (Å²) in [6.45, 7) is 4.50. The molecule has 22 heavy (non-hydrogen) atoms. The monoisotopic (exact) mass is 348 g/mol. The molecule has 0 aliphatic carbocycles. The summed E-state index contributed by atoms with van der Waals surface area (Å²) in [5, 5.41) is 12.4. The Labute approximate surface area is 142 Å². The maximum Gasteiger partial charge on any atom is 0.317 e. The van der Waals surface area contributed by atoms with Crippen LogP contribution in [0.4, 0.5) is 0 Å². The Morgan fingerprint density at radius 3 is 2.41 bits per heavy atom. The Kier molecular flexibility index (Phi) is 9.81. The number of aliphatic carboxylic acids is 1. The minimum atomic E-state index is -0.930. The topological polar surface area (TPSA) is 69.6 Å². The molecule has 1 aromatic rings. The third-order valence-electron chi connectivity index (χ3n) is 3.16. The van der Waals surface area contributed by atoms with Crippen LogP contribution < -0.4 is 5.32 Å². The average Bonchev–Trinajstić information content (AvgIpc) is 2.44. The Morgan fingerprint density at radius 1 is 1.32 bits per heavy atom. The molecule has 124 valence electrons. The van der Waals surface area contributed by atoms with Gasteiger partial charge in [-0.2, -0.15) is 0 Å². The van der Waals surface area contributed by atoms with E-state index in [-0.39, 0.29) is 24.9 Å². The zero-order chi connectivity index (χ0) is 15.8. The molecule has 0 saturated carbocycles. The van der Waals surface area contributed by atoms with Crippen LogP contribution in [0.3, 0.4) is 0 Å². The van der Waals surface area contributed by atoms with E-state index in [2.05, 4.69) is 5.32 Å². The van der Waals surface area contributed by atoms with Crippen molar-refractivity contribution in [2.24, 2.45) is 0 Å². The second-order valence-electron chi connectivity index (χ2n) is 4.88. The Hall–Kier alpha value is -1.30. The van der Waals surface area contributed by atoms with Crippen molar-refractivity contribution in [2.75, 3.05) is 13.1 Å². The number of hydrogen-bond acceptors (Lipinski definition) is 3. The summed E-state index contributed by atoms with van der Waals surface area (Å²) in [5.74, 6) is -1.11. The number of halogens is 2. The number of hydrogen-bond donors (Lipinski definition) is 2. The molecule has 0 heterocycles. The summed E-state index contributed by atoms with van der Waals surface area (Å²) in [4.78, 5) is 24.6. The molecule has 0 bridgehead atoms. The SMILES string of the molecule is CCCN(CC(=O)O)C(C)C(=O)NCc1ccc(Cl)cc1.Cl. The first-order valence-corrected chi connectivity index (χ1v) is 7.29. The fraction of sp³-hybridized carbons (Fsp3) is 0.467. The zero-order valence-corrected chi connectivity index (χ0v) is 14.3. The lowest BCUT2D eigenvalue weighted by Crippen LogP contribution is -2.47. The number of rotatable bonds is 8. The van der Waals surface area contributed by atoms with Gasteiger partial charge >= 0.3 is 5.97 Å². The molecule has 2 N–H and O–H groups in total. The number of amides is 1. The first kappa shape index (κ1) is 20.7. The molecule has 1 unspecified atom stereocenters. The van der Waals surface area contributed by atoms with Crippen molar-refractivity contribution in [1.29, 1.82) is 0 Å². The van der Waals surface area contributed by atoms with Crippen LogP contribution in [-0.4, -0.2) is 41.0 Å². The zero-order valence-electron chi connectivity index (χ0n) is 12.7. The molecule has 5 nitrogen and oxygen atoms in total. The second kappa shape index (κ2) is 10.4. The van der Waals surface area contributed by atoms with Gasteiger partial charge in [0.25, 0.3) is 0 Å². The highest BCUT2D eigenvalue weighted by atomic mass is 35.5. The summed E-state index contributed by atoms with van der Waals surface area (Å²) in [6.07, 6.45) is 0.794. The lowest BCUT2D eigenvalue weighted by Gasteiger charge is -2.26. The van der Waals surface area contributed by atoms with E-state index in [9.17, 15) is 9.59 Å². The van der Waals surface area contributed by atoms with Crippen molar-refractivity contribution in [3.05, 3.63) is 34.9 Å². The van der Waals surface area contributed by atoms with E-state index in [1.807, 2.05) is 19.1 Å². The standard InChI is InChI=1S/C15H21ClN2O3.ClH/c1-3-8-18(10-14(19)20)11(2)15(21)17-9-12-4-6-13(16)7-5-12;/h4-7,11H,3,8-10H2,1-2H3,(H,17,21)(H,19,20);1H. The Morgan fingerprint density at radius 2 is 1.91 bits per heavy atom. The molecule has 0 aromatic heterocycles. The molecule has 7 heteroatoms. The van der Waals surface area contributed by atoms with Gasteiger partial charge in [-0.15, -0.1) is 12.4 Å². The molecule has 0 aliphatic rings. The van der Waals surface area contributed by atoms with Crippen LogP contribution in [0, 0.1) is 0 Å². The lowest BCUT2D eigenvalue weighted by atomic mass is 10.2. The molecule has 0 saturated heterocycles. The van der Waals surface area contributed by atoms with Gasteiger partial charge in [0.2, 0.25) is 5.91 Å². The highest BCUT2D eigenvalue weighted by molar-refractivity contribution is 6.30. The molecular formula is C15H22Cl2N2O3. The molecule has 0 spiro atoms. The number of carbonyl (C=O) groups is 2. The van der Waals surface area contributed by atoms with Crippen molar-refractivity contribution in [1.82, 2.24) is 10.2 Å². The van der Waals surface area contributed by atoms with Gasteiger partial charge in [-0.3, -0.25) is 14.5 Å². The van der Waals surface area contributed by atoms with Crippen molar-refractivity contribution < 1.29 is 14.7 Å². The minimum Gasteiger partial charge on any atom is -0.480 e. The van der Waals surface area contributed by atoms with Gasteiger partial charge in [-0.1, -0.05) is 30.7 Å². The first-order valence-electron chi connectivity index (χ1n) is 6.92. The molecule has 1 rings (SSSR count).